The number of carbonyl (C=O) groups is 1. The highest BCUT2D eigenvalue weighted by molar-refractivity contribution is 5.79. The molecule has 0 radical (unpaired) electrons. The Morgan fingerprint density at radius 1 is 1.50 bits per heavy atom. The molecular weight excluding hydrogens is 152 g/mol. The number of amides is 1. The Kier molecular flexibility index (Phi) is 2.36. The second-order valence-electron chi connectivity index (χ2n) is 2.64. The highest BCUT2D eigenvalue weighted by Gasteiger charge is 2.08. The van der Waals surface area contributed by atoms with E-state index < -0.39 is 11.9 Å². The molecule has 0 saturated heterocycles. The van der Waals surface area contributed by atoms with E-state index in [0.29, 0.717) is 6.42 Å². The van der Waals surface area contributed by atoms with Crippen molar-refractivity contribution in [1.29, 1.82) is 0 Å². The summed E-state index contributed by atoms with van der Waals surface area (Å²) in [6.45, 7) is 0. The third-order valence-corrected chi connectivity index (χ3v) is 1.63. The number of benzene rings is 1. The fourth-order valence-electron chi connectivity index (χ4n) is 0.950. The Balaban J connectivity index is 2.62. The number of hydrogen-bond donors (Lipinski definition) is 2. The molecular formula is C9H12N2O. The number of hydrogen-bond acceptors (Lipinski definition) is 2. The van der Waals surface area contributed by atoms with Crippen molar-refractivity contribution >= 4 is 5.91 Å². The first kappa shape index (κ1) is 7.31. The number of carbonyl (C=O) groups excluding carboxylic acids is 1. The van der Waals surface area contributed by atoms with Gasteiger partial charge in [0, 0.05) is 0 Å². The van der Waals surface area contributed by atoms with Gasteiger partial charge in [0.1, 0.15) is 1.41 Å². The lowest BCUT2D eigenvalue weighted by Gasteiger charge is -2.06. The number of rotatable bonds is 4. The van der Waals surface area contributed by atoms with Gasteiger partial charge < -0.3 is 11.5 Å². The molecule has 1 aromatic carbocycles. The molecule has 4 N–H and O–H groups in total. The molecule has 3 nitrogen and oxygen atoms in total. The minimum Gasteiger partial charge on any atom is -0.368 e. The van der Waals surface area contributed by atoms with E-state index in [1.54, 1.807) is 0 Å². The maximum absolute atomic E-state index is 10.8. The number of primary amides is 1. The zero-order chi connectivity index (χ0) is 9.68. The van der Waals surface area contributed by atoms with Crippen LogP contribution in [0.2, 0.25) is 1.41 Å². The van der Waals surface area contributed by atoms with Crippen LogP contribution in [0.4, 0.5) is 0 Å². The van der Waals surface area contributed by atoms with Gasteiger partial charge in [0.25, 0.3) is 0 Å². The summed E-state index contributed by atoms with van der Waals surface area (Å²) in [6, 6.07) is 8.86. The first-order valence-electron chi connectivity index (χ1n) is 4.24. The predicted molar refractivity (Wildman–Crippen MR) is 47.3 cm³/mol. The summed E-state index contributed by atoms with van der Waals surface area (Å²) in [6.07, 6.45) is 0.458. The zero-order valence-corrected chi connectivity index (χ0v) is 6.66. The second-order valence-corrected chi connectivity index (χ2v) is 2.64. The largest absolute Gasteiger partial charge is 0.368 e. The Hall–Kier alpha value is -1.35. The lowest BCUT2D eigenvalue weighted by atomic mass is 10.1. The standard InChI is InChI=1S/C9H12N2O/c10-8(9(11)12)6-7-4-2-1-3-5-7/h1-5,8H,6,10H2,(H2,11,12)/i/hD. The van der Waals surface area contributed by atoms with Crippen molar-refractivity contribution in [2.45, 2.75) is 12.5 Å². The number of nitrogens with two attached hydrogens (primary N) is 2. The lowest BCUT2D eigenvalue weighted by Crippen LogP contribution is -2.38. The average molecular weight is 165 g/mol. The molecule has 0 heterocycles. The van der Waals surface area contributed by atoms with Gasteiger partial charge in [-0.05, 0) is 12.0 Å². The average Bonchev–Trinajstić information content (AvgIpc) is 2.15. The fourth-order valence-corrected chi connectivity index (χ4v) is 0.950. The van der Waals surface area contributed by atoms with Crippen LogP contribution in [0.25, 0.3) is 0 Å². The van der Waals surface area contributed by atoms with Crippen LogP contribution in [0.5, 0.6) is 0 Å². The van der Waals surface area contributed by atoms with Crippen LogP contribution < -0.4 is 11.5 Å². The van der Waals surface area contributed by atoms with Crippen LogP contribution in [-0.4, -0.2) is 11.9 Å². The van der Waals surface area contributed by atoms with Gasteiger partial charge in [0.05, 0.1) is 6.04 Å². The highest BCUT2D eigenvalue weighted by atomic mass is 16.1. The molecule has 0 aliphatic rings. The third-order valence-electron chi connectivity index (χ3n) is 1.63. The van der Waals surface area contributed by atoms with Crippen molar-refractivity contribution in [3.05, 3.63) is 35.9 Å². The van der Waals surface area contributed by atoms with Crippen LogP contribution in [0.3, 0.4) is 0 Å². The van der Waals surface area contributed by atoms with Gasteiger partial charge in [-0.1, -0.05) is 30.3 Å². The third kappa shape index (κ3) is 2.36. The maximum Gasteiger partial charge on any atom is 0.234 e. The molecule has 3 heteroatoms. The second kappa shape index (κ2) is 3.88. The molecule has 1 amide bonds. The summed E-state index contributed by atoms with van der Waals surface area (Å²) in [7, 11) is 0. The lowest BCUT2D eigenvalue weighted by molar-refractivity contribution is -0.119. The Labute approximate surface area is 72.8 Å². The minimum atomic E-state index is -0.609. The summed E-state index contributed by atoms with van der Waals surface area (Å²) in [5.74, 6) is -0.501. The zero-order valence-electron chi connectivity index (χ0n) is 7.66. The quantitative estimate of drug-likeness (QED) is 0.661. The van der Waals surface area contributed by atoms with Crippen LogP contribution in [0.15, 0.2) is 30.3 Å². The highest BCUT2D eigenvalue weighted by Crippen LogP contribution is 2.00. The van der Waals surface area contributed by atoms with Crippen molar-refractivity contribution in [3.63, 3.8) is 0 Å². The van der Waals surface area contributed by atoms with Gasteiger partial charge in [-0.25, -0.2) is 0 Å². The molecule has 0 aliphatic carbocycles. The Morgan fingerprint density at radius 2 is 2.17 bits per heavy atom. The smallest absolute Gasteiger partial charge is 0.234 e. The molecule has 64 valence electrons. The van der Waals surface area contributed by atoms with Crippen molar-refractivity contribution < 1.29 is 6.21 Å². The van der Waals surface area contributed by atoms with Gasteiger partial charge in [0.15, 0.2) is 0 Å². The van der Waals surface area contributed by atoms with E-state index in [1.165, 1.54) is 0 Å². The van der Waals surface area contributed by atoms with Gasteiger partial charge >= 0.3 is 0 Å². The molecule has 12 heavy (non-hydrogen) atoms. The molecule has 1 atom stereocenters. The van der Waals surface area contributed by atoms with E-state index in [1.807, 2.05) is 30.3 Å². The molecule has 0 spiro atoms. The molecule has 0 aliphatic heterocycles. The molecule has 1 rings (SSSR count). The SMILES string of the molecule is [2H]NC(Cc1ccccc1)C(N)=O. The molecule has 0 bridgehead atoms. The van der Waals surface area contributed by atoms with Gasteiger partial charge in [-0.15, -0.1) is 0 Å². The van der Waals surface area contributed by atoms with Crippen molar-refractivity contribution in [2.75, 3.05) is 0 Å². The maximum atomic E-state index is 10.8. The van der Waals surface area contributed by atoms with Crippen molar-refractivity contribution in [1.82, 2.24) is 0 Å². The van der Waals surface area contributed by atoms with E-state index in [-0.39, 0.29) is 0 Å². The van der Waals surface area contributed by atoms with E-state index in [9.17, 15) is 4.79 Å². The topological polar surface area (TPSA) is 69.1 Å². The van der Waals surface area contributed by atoms with Gasteiger partial charge in [0.2, 0.25) is 5.91 Å². The molecule has 0 fully saturated rings. The van der Waals surface area contributed by atoms with E-state index in [2.05, 4.69) is 5.73 Å². The summed E-state index contributed by atoms with van der Waals surface area (Å²) >= 11 is 0. The molecule has 0 saturated carbocycles. The van der Waals surface area contributed by atoms with Crippen LogP contribution in [0.1, 0.15) is 5.56 Å². The Bertz CT molecular complexity index is 276. The molecule has 0 aromatic heterocycles. The van der Waals surface area contributed by atoms with Crippen LogP contribution in [0, 0.1) is 0 Å². The van der Waals surface area contributed by atoms with Crippen molar-refractivity contribution in [2.24, 2.45) is 11.5 Å². The van der Waals surface area contributed by atoms with E-state index in [4.69, 9.17) is 7.15 Å². The van der Waals surface area contributed by atoms with E-state index >= 15 is 0 Å². The first-order valence-corrected chi connectivity index (χ1v) is 3.74. The molecule has 1 unspecified atom stereocenters. The van der Waals surface area contributed by atoms with Gasteiger partial charge in [-0.2, -0.15) is 0 Å². The summed E-state index contributed by atoms with van der Waals surface area (Å²) < 4.78 is 6.89. The van der Waals surface area contributed by atoms with Crippen LogP contribution >= 0.6 is 0 Å². The van der Waals surface area contributed by atoms with E-state index in [0.717, 1.165) is 5.56 Å². The predicted octanol–water partition coefficient (Wildman–Crippen LogP) is 0.0417. The molecule has 1 aromatic rings. The summed E-state index contributed by atoms with van der Waals surface area (Å²) in [4.78, 5) is 10.8. The minimum absolute atomic E-state index is 0.458. The fraction of sp³-hybridized carbons (Fsp3) is 0.222. The Morgan fingerprint density at radius 3 is 2.67 bits per heavy atom. The van der Waals surface area contributed by atoms with Crippen LogP contribution in [-0.2, 0) is 11.2 Å². The normalized spacial score (nSPS) is 13.5. The monoisotopic (exact) mass is 165 g/mol. The first-order chi connectivity index (χ1) is 6.24. The summed E-state index contributed by atoms with van der Waals surface area (Å²) in [5.41, 5.74) is 8.19. The summed E-state index contributed by atoms with van der Waals surface area (Å²) in [5, 5.41) is 0. The van der Waals surface area contributed by atoms with Crippen molar-refractivity contribution in [3.8, 4) is 0 Å². The van der Waals surface area contributed by atoms with Gasteiger partial charge in [-0.3, -0.25) is 4.79 Å².